The summed E-state index contributed by atoms with van der Waals surface area (Å²) >= 11 is 0. The van der Waals surface area contributed by atoms with E-state index in [1.165, 1.54) is 17.1 Å². The number of nitrogens with zero attached hydrogens (tertiary/aromatic N) is 1. The van der Waals surface area contributed by atoms with Crippen LogP contribution in [-0.2, 0) is 11.3 Å². The van der Waals surface area contributed by atoms with Gasteiger partial charge in [-0.3, -0.25) is 15.0 Å². The van der Waals surface area contributed by atoms with Crippen LogP contribution in [0.15, 0.2) is 30.3 Å². The number of hydrogen-bond donors (Lipinski definition) is 3. The Balaban J connectivity index is 2.52. The molecule has 1 unspecified atom stereocenters. The van der Waals surface area contributed by atoms with Crippen molar-refractivity contribution in [1.82, 2.24) is 10.4 Å². The first-order valence-corrected chi connectivity index (χ1v) is 11.8. The molecule has 0 aliphatic heterocycles. The lowest BCUT2D eigenvalue weighted by Gasteiger charge is -2.39. The number of nitrogens with one attached hydrogen (secondary N) is 1. The molecule has 0 bridgehead atoms. The smallest absolute Gasteiger partial charge is 0.423 e. The number of hydrogen-bond acceptors (Lipinski definition) is 5. The molecule has 2 amide bonds. The summed E-state index contributed by atoms with van der Waals surface area (Å²) in [7, 11) is -2.14. The summed E-state index contributed by atoms with van der Waals surface area (Å²) in [5.41, 5.74) is 3.81. The summed E-state index contributed by atoms with van der Waals surface area (Å²) < 4.78 is 20.6. The highest BCUT2D eigenvalue weighted by atomic mass is 19.1. The van der Waals surface area contributed by atoms with E-state index in [9.17, 15) is 19.6 Å². The minimum Gasteiger partial charge on any atom is -0.423 e. The standard InChI is InChI=1S/C26H36BFN2O5/c1-8-21(26(5,6)7)30(25(32)19-13-16(3)12-17(4)14-19)29-24(31)20-11-10-18(15-35-9-2)22(23(20)28)27(33)34/h10-14,21,33-34H,8-9,15H2,1-7H3,(H,29,31). The van der Waals surface area contributed by atoms with Gasteiger partial charge in [-0.15, -0.1) is 0 Å². The van der Waals surface area contributed by atoms with Crippen LogP contribution in [0.5, 0.6) is 0 Å². The van der Waals surface area contributed by atoms with E-state index in [1.807, 2.05) is 47.6 Å². The second-order valence-electron chi connectivity index (χ2n) is 9.79. The van der Waals surface area contributed by atoms with Gasteiger partial charge in [0.25, 0.3) is 11.8 Å². The fourth-order valence-electron chi connectivity index (χ4n) is 4.28. The highest BCUT2D eigenvalue weighted by Crippen LogP contribution is 2.28. The Hall–Kier alpha value is -2.75. The number of carbonyl (C=O) groups excluding carboxylic acids is 2. The molecule has 0 aromatic heterocycles. The third-order valence-corrected chi connectivity index (χ3v) is 5.84. The molecule has 0 heterocycles. The fraction of sp³-hybridized carbons (Fsp3) is 0.462. The van der Waals surface area contributed by atoms with Crippen LogP contribution in [-0.4, -0.2) is 46.6 Å². The maximum Gasteiger partial charge on any atom is 0.491 e. The molecule has 35 heavy (non-hydrogen) atoms. The fourth-order valence-corrected chi connectivity index (χ4v) is 4.28. The molecule has 0 radical (unpaired) electrons. The van der Waals surface area contributed by atoms with Crippen molar-refractivity contribution in [2.75, 3.05) is 6.61 Å². The monoisotopic (exact) mass is 486 g/mol. The highest BCUT2D eigenvalue weighted by molar-refractivity contribution is 6.59. The van der Waals surface area contributed by atoms with Gasteiger partial charge in [-0.2, -0.15) is 0 Å². The van der Waals surface area contributed by atoms with E-state index >= 15 is 4.39 Å². The van der Waals surface area contributed by atoms with Gasteiger partial charge in [-0.1, -0.05) is 51.0 Å². The number of rotatable bonds is 8. The average molecular weight is 486 g/mol. The van der Waals surface area contributed by atoms with E-state index < -0.39 is 47.2 Å². The Morgan fingerprint density at radius 1 is 1.11 bits per heavy atom. The van der Waals surface area contributed by atoms with Gasteiger partial charge >= 0.3 is 7.12 Å². The first kappa shape index (κ1) is 28.5. The quantitative estimate of drug-likeness (QED) is 0.393. The minimum atomic E-state index is -2.14. The second kappa shape index (κ2) is 11.8. The first-order chi connectivity index (χ1) is 16.3. The van der Waals surface area contributed by atoms with E-state index in [2.05, 4.69) is 5.43 Å². The predicted molar refractivity (Wildman–Crippen MR) is 135 cm³/mol. The van der Waals surface area contributed by atoms with E-state index in [0.29, 0.717) is 18.6 Å². The molecule has 2 aromatic carbocycles. The molecule has 0 fully saturated rings. The molecule has 3 N–H and O–H groups in total. The number of carbonyl (C=O) groups is 2. The van der Waals surface area contributed by atoms with Crippen LogP contribution in [0.25, 0.3) is 0 Å². The van der Waals surface area contributed by atoms with Crippen molar-refractivity contribution < 1.29 is 28.8 Å². The second-order valence-corrected chi connectivity index (χ2v) is 9.79. The Bertz CT molecular complexity index is 1050. The molecule has 0 saturated carbocycles. The van der Waals surface area contributed by atoms with Crippen LogP contribution < -0.4 is 10.9 Å². The van der Waals surface area contributed by atoms with Gasteiger partial charge in [0.05, 0.1) is 18.2 Å². The third kappa shape index (κ3) is 6.90. The summed E-state index contributed by atoms with van der Waals surface area (Å²) in [6, 6.07) is 7.70. The largest absolute Gasteiger partial charge is 0.491 e. The number of ether oxygens (including phenoxy) is 1. The van der Waals surface area contributed by atoms with E-state index in [4.69, 9.17) is 4.74 Å². The Labute approximate surface area is 207 Å². The van der Waals surface area contributed by atoms with Crippen molar-refractivity contribution in [3.63, 3.8) is 0 Å². The van der Waals surface area contributed by atoms with Crippen molar-refractivity contribution in [3.05, 3.63) is 64.0 Å². The molecule has 2 rings (SSSR count). The molecule has 1 atom stereocenters. The van der Waals surface area contributed by atoms with Crippen molar-refractivity contribution in [1.29, 1.82) is 0 Å². The Kier molecular flexibility index (Phi) is 9.60. The summed E-state index contributed by atoms with van der Waals surface area (Å²) in [5.74, 6) is -2.35. The van der Waals surface area contributed by atoms with Crippen LogP contribution in [0.3, 0.4) is 0 Å². The van der Waals surface area contributed by atoms with E-state index in [0.717, 1.165) is 11.1 Å². The predicted octanol–water partition coefficient (Wildman–Crippen LogP) is 3.27. The van der Waals surface area contributed by atoms with Gasteiger partial charge in [0, 0.05) is 17.6 Å². The third-order valence-electron chi connectivity index (χ3n) is 5.84. The molecule has 0 aliphatic rings. The zero-order valence-electron chi connectivity index (χ0n) is 21.6. The highest BCUT2D eigenvalue weighted by Gasteiger charge is 2.35. The topological polar surface area (TPSA) is 99.1 Å². The van der Waals surface area contributed by atoms with Crippen molar-refractivity contribution in [3.8, 4) is 0 Å². The molecule has 0 spiro atoms. The molecular formula is C26H36BFN2O5. The Morgan fingerprint density at radius 2 is 1.71 bits per heavy atom. The number of hydrazine groups is 1. The summed E-state index contributed by atoms with van der Waals surface area (Å²) in [4.78, 5) is 26.9. The molecule has 7 nitrogen and oxygen atoms in total. The molecule has 0 aliphatic carbocycles. The number of amides is 2. The zero-order chi connectivity index (χ0) is 26.5. The van der Waals surface area contributed by atoms with Crippen LogP contribution >= 0.6 is 0 Å². The lowest BCUT2D eigenvalue weighted by atomic mass is 9.75. The zero-order valence-corrected chi connectivity index (χ0v) is 21.6. The molecule has 2 aromatic rings. The SMILES string of the molecule is CCOCc1ccc(C(=O)NN(C(=O)c2cc(C)cc(C)c2)C(CC)C(C)(C)C)c(F)c1B(O)O. The molecular weight excluding hydrogens is 450 g/mol. The van der Waals surface area contributed by atoms with Gasteiger partial charge in [0.15, 0.2) is 0 Å². The van der Waals surface area contributed by atoms with Crippen LogP contribution in [0.1, 0.15) is 78.4 Å². The maximum absolute atomic E-state index is 15.3. The average Bonchev–Trinajstić information content (AvgIpc) is 2.74. The molecule has 190 valence electrons. The lowest BCUT2D eigenvalue weighted by molar-refractivity contribution is 0.0283. The van der Waals surface area contributed by atoms with Gasteiger partial charge in [-0.05, 0) is 56.4 Å². The first-order valence-electron chi connectivity index (χ1n) is 11.8. The van der Waals surface area contributed by atoms with Gasteiger partial charge in [-0.25, -0.2) is 9.40 Å². The number of benzene rings is 2. The van der Waals surface area contributed by atoms with Gasteiger partial charge < -0.3 is 14.8 Å². The van der Waals surface area contributed by atoms with Crippen molar-refractivity contribution >= 4 is 24.4 Å². The maximum atomic E-state index is 15.3. The molecule has 0 saturated heterocycles. The van der Waals surface area contributed by atoms with Crippen LogP contribution in [0.2, 0.25) is 0 Å². The summed E-state index contributed by atoms with van der Waals surface area (Å²) in [6.07, 6.45) is 0.538. The minimum absolute atomic E-state index is 0.0402. The normalized spacial score (nSPS) is 12.3. The molecule has 9 heteroatoms. The number of aryl methyl sites for hydroxylation is 2. The van der Waals surface area contributed by atoms with Crippen molar-refractivity contribution in [2.24, 2.45) is 5.41 Å². The van der Waals surface area contributed by atoms with Crippen LogP contribution in [0, 0.1) is 25.1 Å². The van der Waals surface area contributed by atoms with Gasteiger partial charge in [0.2, 0.25) is 0 Å². The van der Waals surface area contributed by atoms with E-state index in [-0.39, 0.29) is 12.2 Å². The number of halogens is 1. The van der Waals surface area contributed by atoms with Crippen LogP contribution in [0.4, 0.5) is 4.39 Å². The summed E-state index contributed by atoms with van der Waals surface area (Å²) in [6.45, 7) is 13.6. The van der Waals surface area contributed by atoms with E-state index in [1.54, 1.807) is 19.1 Å². The Morgan fingerprint density at radius 3 is 2.20 bits per heavy atom. The summed E-state index contributed by atoms with van der Waals surface area (Å²) in [5, 5.41) is 20.8. The van der Waals surface area contributed by atoms with Gasteiger partial charge in [0.1, 0.15) is 5.82 Å². The van der Waals surface area contributed by atoms with Crippen molar-refractivity contribution in [2.45, 2.75) is 67.5 Å². The lowest BCUT2D eigenvalue weighted by Crippen LogP contribution is -2.56.